The molecule has 0 radical (unpaired) electrons. The van der Waals surface area contributed by atoms with Gasteiger partial charge in [-0.3, -0.25) is 4.90 Å². The highest BCUT2D eigenvalue weighted by atomic mass is 15.4. The van der Waals surface area contributed by atoms with Crippen LogP contribution in [0, 0.1) is 0 Å². The average molecular weight is 86.1 g/mol. The zero-order valence-electron chi connectivity index (χ0n) is 3.85. The first-order valence-electron chi connectivity index (χ1n) is 2.21. The molecule has 6 heavy (non-hydrogen) atoms. The molecular weight excluding hydrogens is 76.1 g/mol. The van der Waals surface area contributed by atoms with Crippen molar-refractivity contribution < 1.29 is 0 Å². The molecule has 0 bridgehead atoms. The minimum absolute atomic E-state index is 0. The third-order valence-corrected chi connectivity index (χ3v) is 1.58. The van der Waals surface area contributed by atoms with E-state index in [0.29, 0.717) is 0 Å². The Kier molecular flexibility index (Phi) is 0.648. The molecule has 0 spiro atoms. The molecule has 0 aliphatic carbocycles. The number of hydrogen-bond donors (Lipinski definition) is 1. The van der Waals surface area contributed by atoms with Gasteiger partial charge < -0.3 is 6.15 Å². The quantitative estimate of drug-likeness (QED) is 0.429. The van der Waals surface area contributed by atoms with E-state index in [1.807, 2.05) is 0 Å². The maximum Gasteiger partial charge on any atom is 0.0236 e. The van der Waals surface area contributed by atoms with E-state index < -0.39 is 0 Å². The second-order valence-corrected chi connectivity index (χ2v) is 1.94. The molecular formula is C4H10N2. The fourth-order valence-electron chi connectivity index (χ4n) is 0.900. The van der Waals surface area contributed by atoms with Gasteiger partial charge in [-0.1, -0.05) is 0 Å². The van der Waals surface area contributed by atoms with E-state index in [1.165, 1.54) is 19.5 Å². The van der Waals surface area contributed by atoms with Crippen LogP contribution >= 0.6 is 0 Å². The largest absolute Gasteiger partial charge is 0.344 e. The van der Waals surface area contributed by atoms with Gasteiger partial charge in [0, 0.05) is 19.1 Å². The summed E-state index contributed by atoms with van der Waals surface area (Å²) in [6.45, 7) is 2.81. The van der Waals surface area contributed by atoms with Crippen LogP contribution in [0.15, 0.2) is 0 Å². The molecule has 2 unspecified atom stereocenters. The first-order valence-corrected chi connectivity index (χ1v) is 2.21. The zero-order chi connectivity index (χ0) is 3.28. The van der Waals surface area contributed by atoms with E-state index in [1.54, 1.807) is 0 Å². The van der Waals surface area contributed by atoms with E-state index in [4.69, 9.17) is 0 Å². The summed E-state index contributed by atoms with van der Waals surface area (Å²) in [6, 6.07) is 1.06. The Hall–Kier alpha value is -0.0800. The fraction of sp³-hybridized carbons (Fsp3) is 1.00. The third kappa shape index (κ3) is 0.280. The first-order chi connectivity index (χ1) is 2.47. The SMILES string of the molecule is C1CN2CC12.N. The summed E-state index contributed by atoms with van der Waals surface area (Å²) in [5.74, 6) is 0. The van der Waals surface area contributed by atoms with Crippen molar-refractivity contribution in [2.24, 2.45) is 0 Å². The van der Waals surface area contributed by atoms with Crippen molar-refractivity contribution in [1.29, 1.82) is 0 Å². The van der Waals surface area contributed by atoms with Crippen LogP contribution in [-0.4, -0.2) is 24.0 Å². The lowest BCUT2D eigenvalue weighted by molar-refractivity contribution is 0.382. The second kappa shape index (κ2) is 0.950. The highest BCUT2D eigenvalue weighted by Crippen LogP contribution is 2.30. The molecule has 2 atom stereocenters. The van der Waals surface area contributed by atoms with Gasteiger partial charge in [-0.15, -0.1) is 0 Å². The van der Waals surface area contributed by atoms with Crippen molar-refractivity contribution in [3.8, 4) is 0 Å². The molecule has 2 heterocycles. The van der Waals surface area contributed by atoms with Gasteiger partial charge in [-0.25, -0.2) is 0 Å². The first kappa shape index (κ1) is 4.09. The van der Waals surface area contributed by atoms with E-state index in [9.17, 15) is 0 Å². The number of nitrogens with zero attached hydrogens (tertiary/aromatic N) is 1. The average Bonchev–Trinajstić information content (AvgIpc) is 1.74. The maximum atomic E-state index is 2.47. The molecule has 0 amide bonds. The molecule has 2 aliphatic rings. The summed E-state index contributed by atoms with van der Waals surface area (Å²) in [5, 5.41) is 0. The number of rotatable bonds is 0. The Bertz CT molecular complexity index is 50.6. The van der Waals surface area contributed by atoms with Crippen LogP contribution in [-0.2, 0) is 0 Å². The number of fused-ring (bicyclic) bond motifs is 1. The normalized spacial score (nSPS) is 48.0. The third-order valence-electron chi connectivity index (χ3n) is 1.58. The molecule has 36 valence electrons. The van der Waals surface area contributed by atoms with Crippen molar-refractivity contribution in [3.05, 3.63) is 0 Å². The molecule has 2 rings (SSSR count). The smallest absolute Gasteiger partial charge is 0.0236 e. The van der Waals surface area contributed by atoms with Crippen LogP contribution < -0.4 is 6.15 Å². The molecule has 2 heteroatoms. The summed E-state index contributed by atoms with van der Waals surface area (Å²) in [6.07, 6.45) is 1.49. The molecule has 0 saturated carbocycles. The summed E-state index contributed by atoms with van der Waals surface area (Å²) in [7, 11) is 0. The lowest BCUT2D eigenvalue weighted by Gasteiger charge is -2.08. The summed E-state index contributed by atoms with van der Waals surface area (Å²) in [4.78, 5) is 2.47. The minimum atomic E-state index is 0. The van der Waals surface area contributed by atoms with E-state index in [-0.39, 0.29) is 6.15 Å². The highest BCUT2D eigenvalue weighted by Gasteiger charge is 2.41. The highest BCUT2D eigenvalue weighted by molar-refractivity contribution is 4.98. The van der Waals surface area contributed by atoms with Gasteiger partial charge in [-0.05, 0) is 6.42 Å². The molecule has 2 aliphatic heterocycles. The predicted molar refractivity (Wildman–Crippen MR) is 25.0 cm³/mol. The van der Waals surface area contributed by atoms with Crippen LogP contribution in [0.5, 0.6) is 0 Å². The minimum Gasteiger partial charge on any atom is -0.344 e. The Morgan fingerprint density at radius 2 is 2.17 bits per heavy atom. The lowest BCUT2D eigenvalue weighted by Crippen LogP contribution is -2.16. The van der Waals surface area contributed by atoms with E-state index in [2.05, 4.69) is 4.90 Å². The van der Waals surface area contributed by atoms with E-state index in [0.717, 1.165) is 6.04 Å². The summed E-state index contributed by atoms with van der Waals surface area (Å²) < 4.78 is 0. The van der Waals surface area contributed by atoms with Gasteiger partial charge in [0.05, 0.1) is 0 Å². The maximum absolute atomic E-state index is 2.47. The van der Waals surface area contributed by atoms with Crippen LogP contribution in [0.25, 0.3) is 0 Å². The van der Waals surface area contributed by atoms with Gasteiger partial charge in [0.2, 0.25) is 0 Å². The van der Waals surface area contributed by atoms with Crippen LogP contribution in [0.2, 0.25) is 0 Å². The molecule has 2 nitrogen and oxygen atoms in total. The van der Waals surface area contributed by atoms with Crippen molar-refractivity contribution in [2.75, 3.05) is 13.1 Å². The monoisotopic (exact) mass is 86.1 g/mol. The standard InChI is InChI=1S/C4H7N.H3N/c1-2-5-3-4(1)5;/h4H,1-3H2;1H3. The van der Waals surface area contributed by atoms with Crippen molar-refractivity contribution in [3.63, 3.8) is 0 Å². The molecule has 0 aromatic heterocycles. The lowest BCUT2D eigenvalue weighted by atomic mass is 10.3. The van der Waals surface area contributed by atoms with Crippen LogP contribution in [0.3, 0.4) is 0 Å². The summed E-state index contributed by atoms with van der Waals surface area (Å²) >= 11 is 0. The topological polar surface area (TPSA) is 38.0 Å². The number of hydrogen-bond acceptors (Lipinski definition) is 2. The Morgan fingerprint density at radius 3 is 2.17 bits per heavy atom. The van der Waals surface area contributed by atoms with Crippen LogP contribution in [0.1, 0.15) is 6.42 Å². The van der Waals surface area contributed by atoms with Crippen molar-refractivity contribution in [2.45, 2.75) is 12.5 Å². The van der Waals surface area contributed by atoms with Gasteiger partial charge in [0.25, 0.3) is 0 Å². The van der Waals surface area contributed by atoms with Gasteiger partial charge in [-0.2, -0.15) is 0 Å². The van der Waals surface area contributed by atoms with Crippen molar-refractivity contribution >= 4 is 0 Å². The fourth-order valence-corrected chi connectivity index (χ4v) is 0.900. The van der Waals surface area contributed by atoms with Crippen molar-refractivity contribution in [1.82, 2.24) is 11.1 Å². The van der Waals surface area contributed by atoms with Gasteiger partial charge in [0.1, 0.15) is 0 Å². The second-order valence-electron chi connectivity index (χ2n) is 1.94. The van der Waals surface area contributed by atoms with Gasteiger partial charge >= 0.3 is 0 Å². The van der Waals surface area contributed by atoms with Crippen LogP contribution in [0.4, 0.5) is 0 Å². The molecule has 2 fully saturated rings. The molecule has 3 N–H and O–H groups in total. The predicted octanol–water partition coefficient (Wildman–Crippen LogP) is 0.236. The molecule has 0 aromatic carbocycles. The zero-order valence-corrected chi connectivity index (χ0v) is 3.85. The Morgan fingerprint density at radius 1 is 1.50 bits per heavy atom. The molecule has 2 saturated heterocycles. The Labute approximate surface area is 37.7 Å². The summed E-state index contributed by atoms with van der Waals surface area (Å²) in [5.41, 5.74) is 0. The molecule has 0 aromatic rings. The van der Waals surface area contributed by atoms with Gasteiger partial charge in [0.15, 0.2) is 0 Å². The Balaban J connectivity index is 0.000000180. The van der Waals surface area contributed by atoms with E-state index >= 15 is 0 Å².